The Kier molecular flexibility index (Phi) is 3.46. The SMILES string of the molecule is Cn1c(=O)oc2ccc(S(=O)(=O)Nc3ccc4c(c3)OCCO4)cc21. The first-order valence-electron chi connectivity index (χ1n) is 7.46. The lowest BCUT2D eigenvalue weighted by molar-refractivity contribution is 0.171. The fraction of sp³-hybridized carbons (Fsp3) is 0.188. The molecule has 0 atom stereocenters. The topological polar surface area (TPSA) is 99.8 Å². The molecule has 3 aromatic rings. The van der Waals surface area contributed by atoms with E-state index < -0.39 is 15.8 Å². The third kappa shape index (κ3) is 2.72. The molecule has 25 heavy (non-hydrogen) atoms. The molecule has 1 aliphatic heterocycles. The summed E-state index contributed by atoms with van der Waals surface area (Å²) < 4.78 is 44.9. The summed E-state index contributed by atoms with van der Waals surface area (Å²) in [5.74, 6) is 0.507. The van der Waals surface area contributed by atoms with E-state index in [-0.39, 0.29) is 4.90 Å². The molecule has 1 aromatic heterocycles. The van der Waals surface area contributed by atoms with Gasteiger partial charge >= 0.3 is 5.76 Å². The number of benzene rings is 2. The Morgan fingerprint density at radius 2 is 1.80 bits per heavy atom. The molecule has 0 amide bonds. The first kappa shape index (κ1) is 15.6. The van der Waals surface area contributed by atoms with E-state index in [4.69, 9.17) is 13.9 Å². The van der Waals surface area contributed by atoms with Gasteiger partial charge in [-0.3, -0.25) is 9.29 Å². The second kappa shape index (κ2) is 5.55. The molecule has 130 valence electrons. The summed E-state index contributed by atoms with van der Waals surface area (Å²) in [5, 5.41) is 0. The van der Waals surface area contributed by atoms with Crippen LogP contribution in [0.5, 0.6) is 11.5 Å². The van der Waals surface area contributed by atoms with Crippen LogP contribution in [-0.2, 0) is 17.1 Å². The quantitative estimate of drug-likeness (QED) is 0.761. The molecule has 0 bridgehead atoms. The minimum absolute atomic E-state index is 0.0197. The van der Waals surface area contributed by atoms with Crippen LogP contribution < -0.4 is 20.0 Å². The molecule has 2 heterocycles. The van der Waals surface area contributed by atoms with Gasteiger partial charge in [-0.2, -0.15) is 0 Å². The number of nitrogens with zero attached hydrogens (tertiary/aromatic N) is 1. The minimum Gasteiger partial charge on any atom is -0.486 e. The Balaban J connectivity index is 1.70. The van der Waals surface area contributed by atoms with E-state index >= 15 is 0 Å². The Bertz CT molecular complexity index is 1130. The van der Waals surface area contributed by atoms with Crippen molar-refractivity contribution in [3.8, 4) is 11.5 Å². The van der Waals surface area contributed by atoms with Crippen molar-refractivity contribution < 1.29 is 22.3 Å². The lowest BCUT2D eigenvalue weighted by Crippen LogP contribution is -2.16. The van der Waals surface area contributed by atoms with Gasteiger partial charge in [0.25, 0.3) is 10.0 Å². The molecule has 0 radical (unpaired) electrons. The number of aromatic nitrogens is 1. The Hall–Kier alpha value is -2.94. The molecular weight excluding hydrogens is 348 g/mol. The number of hydrogen-bond donors (Lipinski definition) is 1. The molecule has 8 nitrogen and oxygen atoms in total. The van der Waals surface area contributed by atoms with Gasteiger partial charge in [0.15, 0.2) is 17.1 Å². The van der Waals surface area contributed by atoms with E-state index in [0.717, 1.165) is 0 Å². The maximum Gasteiger partial charge on any atom is 0.419 e. The maximum absolute atomic E-state index is 12.6. The van der Waals surface area contributed by atoms with Crippen LogP contribution in [0, 0.1) is 0 Å². The van der Waals surface area contributed by atoms with E-state index in [9.17, 15) is 13.2 Å². The first-order chi connectivity index (χ1) is 11.9. The highest BCUT2D eigenvalue weighted by Gasteiger charge is 2.19. The van der Waals surface area contributed by atoms with Gasteiger partial charge in [0.2, 0.25) is 0 Å². The fourth-order valence-corrected chi connectivity index (χ4v) is 3.66. The van der Waals surface area contributed by atoms with Crippen molar-refractivity contribution in [2.75, 3.05) is 17.9 Å². The molecular formula is C16H14N2O6S. The van der Waals surface area contributed by atoms with Crippen molar-refractivity contribution in [3.05, 3.63) is 46.9 Å². The summed E-state index contributed by atoms with van der Waals surface area (Å²) in [6, 6.07) is 9.03. The lowest BCUT2D eigenvalue weighted by Gasteiger charge is -2.19. The molecule has 0 aliphatic carbocycles. The van der Waals surface area contributed by atoms with Crippen LogP contribution >= 0.6 is 0 Å². The van der Waals surface area contributed by atoms with Crippen molar-refractivity contribution in [3.63, 3.8) is 0 Å². The third-order valence-electron chi connectivity index (χ3n) is 3.87. The van der Waals surface area contributed by atoms with Gasteiger partial charge in [0, 0.05) is 13.1 Å². The summed E-state index contributed by atoms with van der Waals surface area (Å²) in [5.41, 5.74) is 1.08. The maximum atomic E-state index is 12.6. The normalized spacial score (nSPS) is 13.8. The number of hydrogen-bond acceptors (Lipinski definition) is 6. The van der Waals surface area contributed by atoms with Crippen LogP contribution in [0.25, 0.3) is 11.1 Å². The predicted molar refractivity (Wildman–Crippen MR) is 89.7 cm³/mol. The fourth-order valence-electron chi connectivity index (χ4n) is 2.59. The van der Waals surface area contributed by atoms with E-state index in [0.29, 0.717) is 41.5 Å². The van der Waals surface area contributed by atoms with Gasteiger partial charge < -0.3 is 13.9 Å². The highest BCUT2D eigenvalue weighted by atomic mass is 32.2. The van der Waals surface area contributed by atoms with Gasteiger partial charge in [-0.05, 0) is 30.3 Å². The predicted octanol–water partition coefficient (Wildman–Crippen LogP) is 1.70. The molecule has 0 fully saturated rings. The summed E-state index contributed by atoms with van der Waals surface area (Å²) in [6.07, 6.45) is 0. The van der Waals surface area contributed by atoms with Crippen LogP contribution in [0.1, 0.15) is 0 Å². The second-order valence-corrected chi connectivity index (χ2v) is 7.20. The number of oxazole rings is 1. The van der Waals surface area contributed by atoms with Crippen molar-refractivity contribution in [1.82, 2.24) is 4.57 Å². The molecule has 4 rings (SSSR count). The van der Waals surface area contributed by atoms with Crippen molar-refractivity contribution in [1.29, 1.82) is 0 Å². The summed E-state index contributed by atoms with van der Waals surface area (Å²) in [4.78, 5) is 11.6. The van der Waals surface area contributed by atoms with Crippen molar-refractivity contribution >= 4 is 26.8 Å². The smallest absolute Gasteiger partial charge is 0.419 e. The zero-order chi connectivity index (χ0) is 17.6. The molecule has 0 unspecified atom stereocenters. The number of anilines is 1. The lowest BCUT2D eigenvalue weighted by atomic mass is 10.3. The number of ether oxygens (including phenoxy) is 2. The van der Waals surface area contributed by atoms with Crippen LogP contribution in [0.15, 0.2) is 50.5 Å². The summed E-state index contributed by atoms with van der Waals surface area (Å²) >= 11 is 0. The van der Waals surface area contributed by atoms with E-state index in [1.54, 1.807) is 18.2 Å². The molecule has 2 aromatic carbocycles. The highest BCUT2D eigenvalue weighted by Crippen LogP contribution is 2.33. The zero-order valence-electron chi connectivity index (χ0n) is 13.2. The van der Waals surface area contributed by atoms with Crippen LogP contribution in [-0.4, -0.2) is 26.2 Å². The number of nitrogens with one attached hydrogen (secondary N) is 1. The Morgan fingerprint density at radius 3 is 2.60 bits per heavy atom. The van der Waals surface area contributed by atoms with Gasteiger partial charge in [-0.15, -0.1) is 0 Å². The molecule has 0 spiro atoms. The average molecular weight is 362 g/mol. The monoisotopic (exact) mass is 362 g/mol. The van der Waals surface area contributed by atoms with E-state index in [2.05, 4.69) is 4.72 Å². The Morgan fingerprint density at radius 1 is 1.04 bits per heavy atom. The van der Waals surface area contributed by atoms with Gasteiger partial charge in [-0.25, -0.2) is 13.2 Å². The van der Waals surface area contributed by atoms with Crippen LogP contribution in [0.2, 0.25) is 0 Å². The molecule has 1 aliphatic rings. The number of rotatable bonds is 3. The molecule has 0 saturated heterocycles. The van der Waals surface area contributed by atoms with Crippen LogP contribution in [0.3, 0.4) is 0 Å². The van der Waals surface area contributed by atoms with Gasteiger partial charge in [-0.1, -0.05) is 0 Å². The summed E-state index contributed by atoms with van der Waals surface area (Å²) in [7, 11) is -2.33. The first-order valence-corrected chi connectivity index (χ1v) is 8.94. The van der Waals surface area contributed by atoms with Gasteiger partial charge in [0.05, 0.1) is 16.1 Å². The van der Waals surface area contributed by atoms with E-state index in [1.165, 1.54) is 29.8 Å². The number of aryl methyl sites for hydroxylation is 1. The molecule has 9 heteroatoms. The van der Waals surface area contributed by atoms with Crippen molar-refractivity contribution in [2.45, 2.75) is 4.90 Å². The summed E-state index contributed by atoms with van der Waals surface area (Å²) in [6.45, 7) is 0.871. The largest absolute Gasteiger partial charge is 0.486 e. The Labute approximate surface area is 142 Å². The van der Waals surface area contributed by atoms with E-state index in [1.807, 2.05) is 0 Å². The minimum atomic E-state index is -3.84. The highest BCUT2D eigenvalue weighted by molar-refractivity contribution is 7.92. The zero-order valence-corrected chi connectivity index (χ0v) is 14.0. The van der Waals surface area contributed by atoms with Crippen LogP contribution in [0.4, 0.5) is 5.69 Å². The molecule has 1 N–H and O–H groups in total. The average Bonchev–Trinajstić information content (AvgIpc) is 2.88. The molecule has 0 saturated carbocycles. The second-order valence-electron chi connectivity index (χ2n) is 5.52. The van der Waals surface area contributed by atoms with Gasteiger partial charge in [0.1, 0.15) is 13.2 Å². The number of fused-ring (bicyclic) bond motifs is 2. The standard InChI is InChI=1S/C16H14N2O6S/c1-18-12-9-11(3-5-13(12)24-16(18)19)25(20,21)17-10-2-4-14-15(8-10)23-7-6-22-14/h2-5,8-9,17H,6-7H2,1H3. The number of sulfonamides is 1. The van der Waals surface area contributed by atoms with Crippen molar-refractivity contribution in [2.24, 2.45) is 7.05 Å². The third-order valence-corrected chi connectivity index (χ3v) is 5.25.